The Labute approximate surface area is 116 Å². The van der Waals surface area contributed by atoms with Crippen LogP contribution in [0.25, 0.3) is 0 Å². The molecule has 0 radical (unpaired) electrons. The maximum atomic E-state index is 9.91. The molecule has 0 fully saturated rings. The normalized spacial score (nSPS) is 12.5. The largest absolute Gasteiger partial charge is 0.504 e. The second-order valence-corrected chi connectivity index (χ2v) is 4.92. The Balaban J connectivity index is 2.58. The number of benzene rings is 1. The lowest BCUT2D eigenvalue weighted by Crippen LogP contribution is -2.06. The van der Waals surface area contributed by atoms with Gasteiger partial charge in [0.05, 0.1) is 6.10 Å². The topological polar surface area (TPSA) is 49.7 Å². The lowest BCUT2D eigenvalue weighted by Gasteiger charge is -2.19. The molecule has 0 spiro atoms. The highest BCUT2D eigenvalue weighted by molar-refractivity contribution is 5.45. The van der Waals surface area contributed by atoms with Crippen LogP contribution in [0.2, 0.25) is 0 Å². The molecule has 0 aliphatic heterocycles. The molecule has 0 aromatic heterocycles. The molecular formula is C16H26O3. The van der Waals surface area contributed by atoms with Crippen LogP contribution in [0, 0.1) is 0 Å². The third-order valence-electron chi connectivity index (χ3n) is 3.26. The lowest BCUT2D eigenvalue weighted by atomic mass is 10.0. The first-order valence-electron chi connectivity index (χ1n) is 7.33. The van der Waals surface area contributed by atoms with Gasteiger partial charge in [-0.1, -0.05) is 51.7 Å². The van der Waals surface area contributed by atoms with Crippen LogP contribution in [0.3, 0.4) is 0 Å². The molecule has 3 heteroatoms. The van der Waals surface area contributed by atoms with Crippen molar-refractivity contribution in [3.05, 3.63) is 23.8 Å². The fourth-order valence-corrected chi connectivity index (χ4v) is 2.15. The predicted octanol–water partition coefficient (Wildman–Crippen LogP) is 4.54. The van der Waals surface area contributed by atoms with Crippen LogP contribution in [0.1, 0.15) is 64.0 Å². The van der Waals surface area contributed by atoms with Gasteiger partial charge in [-0.2, -0.15) is 0 Å². The molecule has 1 atom stereocenters. The summed E-state index contributed by atoms with van der Waals surface area (Å²) in [6.07, 6.45) is 6.39. The summed E-state index contributed by atoms with van der Waals surface area (Å²) < 4.78 is 5.88. The molecule has 1 rings (SSSR count). The number of aromatic hydroxyl groups is 2. The highest BCUT2D eigenvalue weighted by Gasteiger charge is 2.17. The second kappa shape index (κ2) is 8.81. The van der Waals surface area contributed by atoms with Gasteiger partial charge in [0.25, 0.3) is 0 Å². The predicted molar refractivity (Wildman–Crippen MR) is 77.5 cm³/mol. The van der Waals surface area contributed by atoms with E-state index < -0.39 is 0 Å². The first-order chi connectivity index (χ1) is 9.20. The highest BCUT2D eigenvalue weighted by atomic mass is 16.5. The summed E-state index contributed by atoms with van der Waals surface area (Å²) in [6.45, 7) is 4.98. The van der Waals surface area contributed by atoms with Crippen LogP contribution in [-0.2, 0) is 4.74 Å². The van der Waals surface area contributed by atoms with Crippen LogP contribution in [0.5, 0.6) is 11.5 Å². The fourth-order valence-electron chi connectivity index (χ4n) is 2.15. The third-order valence-corrected chi connectivity index (χ3v) is 3.26. The minimum absolute atomic E-state index is 0.0468. The van der Waals surface area contributed by atoms with Crippen LogP contribution < -0.4 is 0 Å². The third kappa shape index (κ3) is 5.11. The molecule has 108 valence electrons. The van der Waals surface area contributed by atoms with Gasteiger partial charge in [-0.05, 0) is 18.9 Å². The molecule has 19 heavy (non-hydrogen) atoms. The van der Waals surface area contributed by atoms with Crippen molar-refractivity contribution in [3.63, 3.8) is 0 Å². The van der Waals surface area contributed by atoms with Crippen molar-refractivity contribution in [3.8, 4) is 11.5 Å². The highest BCUT2D eigenvalue weighted by Crippen LogP contribution is 2.36. The van der Waals surface area contributed by atoms with E-state index in [1.54, 1.807) is 6.07 Å². The number of phenolic OH excluding ortho intramolecular Hbond substituents is 2. The Bertz CT molecular complexity index is 363. The number of ether oxygens (including phenoxy) is 1. The number of phenols is 2. The summed E-state index contributed by atoms with van der Waals surface area (Å²) in [5.74, 6) is -0.123. The number of hydrogen-bond donors (Lipinski definition) is 2. The molecule has 0 aliphatic carbocycles. The maximum Gasteiger partial charge on any atom is 0.163 e. The number of rotatable bonds is 9. The van der Waals surface area contributed by atoms with Crippen molar-refractivity contribution in [2.45, 2.75) is 58.5 Å². The van der Waals surface area contributed by atoms with Gasteiger partial charge in [-0.15, -0.1) is 0 Å². The van der Waals surface area contributed by atoms with Gasteiger partial charge in [-0.3, -0.25) is 0 Å². The van der Waals surface area contributed by atoms with E-state index in [4.69, 9.17) is 4.74 Å². The average molecular weight is 266 g/mol. The van der Waals surface area contributed by atoms with Gasteiger partial charge in [0.1, 0.15) is 0 Å². The minimum atomic E-state index is -0.126. The van der Waals surface area contributed by atoms with E-state index >= 15 is 0 Å². The van der Waals surface area contributed by atoms with Crippen LogP contribution in [0.15, 0.2) is 18.2 Å². The molecule has 1 aromatic rings. The van der Waals surface area contributed by atoms with Crippen LogP contribution in [-0.4, -0.2) is 16.8 Å². The number of unbranched alkanes of at least 4 members (excludes halogenated alkanes) is 3. The molecule has 1 aromatic carbocycles. The van der Waals surface area contributed by atoms with Gasteiger partial charge >= 0.3 is 0 Å². The smallest absolute Gasteiger partial charge is 0.163 e. The van der Waals surface area contributed by atoms with Gasteiger partial charge in [-0.25, -0.2) is 0 Å². The van der Waals surface area contributed by atoms with Crippen molar-refractivity contribution >= 4 is 0 Å². The van der Waals surface area contributed by atoms with Gasteiger partial charge < -0.3 is 14.9 Å². The van der Waals surface area contributed by atoms with Gasteiger partial charge in [0.2, 0.25) is 0 Å². The molecule has 0 amide bonds. The standard InChI is InChI=1S/C16H26O3/c1-3-5-6-7-12-19-15(9-4-2)13-10-8-11-14(17)16(13)18/h8,10-11,15,17-18H,3-7,9,12H2,1-2H3. The summed E-state index contributed by atoms with van der Waals surface area (Å²) in [4.78, 5) is 0. The van der Waals surface area contributed by atoms with Gasteiger partial charge in [0.15, 0.2) is 11.5 Å². The summed E-state index contributed by atoms with van der Waals surface area (Å²) in [7, 11) is 0. The van der Waals surface area contributed by atoms with E-state index in [2.05, 4.69) is 13.8 Å². The zero-order valence-electron chi connectivity index (χ0n) is 12.1. The van der Waals surface area contributed by atoms with Crippen molar-refractivity contribution in [2.75, 3.05) is 6.61 Å². The molecule has 0 heterocycles. The van der Waals surface area contributed by atoms with E-state index in [1.807, 2.05) is 6.07 Å². The Morgan fingerprint density at radius 1 is 1.05 bits per heavy atom. The van der Waals surface area contributed by atoms with Crippen LogP contribution >= 0.6 is 0 Å². The van der Waals surface area contributed by atoms with Gasteiger partial charge in [0, 0.05) is 12.2 Å². The molecule has 3 nitrogen and oxygen atoms in total. The van der Waals surface area contributed by atoms with Crippen molar-refractivity contribution < 1.29 is 14.9 Å². The van der Waals surface area contributed by atoms with Crippen LogP contribution in [0.4, 0.5) is 0 Å². The minimum Gasteiger partial charge on any atom is -0.504 e. The van der Waals surface area contributed by atoms with Crippen molar-refractivity contribution in [2.24, 2.45) is 0 Å². The Hall–Kier alpha value is -1.22. The van der Waals surface area contributed by atoms with E-state index in [0.29, 0.717) is 12.2 Å². The summed E-state index contributed by atoms with van der Waals surface area (Å²) >= 11 is 0. The zero-order chi connectivity index (χ0) is 14.1. The number of hydrogen-bond acceptors (Lipinski definition) is 3. The first kappa shape index (κ1) is 15.8. The van der Waals surface area contributed by atoms with Crippen molar-refractivity contribution in [1.29, 1.82) is 0 Å². The molecule has 2 N–H and O–H groups in total. The van der Waals surface area contributed by atoms with E-state index in [-0.39, 0.29) is 17.6 Å². The maximum absolute atomic E-state index is 9.91. The molecule has 0 aliphatic rings. The monoisotopic (exact) mass is 266 g/mol. The SMILES string of the molecule is CCCCCCOC(CCC)c1cccc(O)c1O. The Morgan fingerprint density at radius 2 is 1.84 bits per heavy atom. The molecule has 0 saturated carbocycles. The van der Waals surface area contributed by atoms with E-state index in [9.17, 15) is 10.2 Å². The van der Waals surface area contributed by atoms with Crippen molar-refractivity contribution in [1.82, 2.24) is 0 Å². The second-order valence-electron chi connectivity index (χ2n) is 4.92. The Morgan fingerprint density at radius 3 is 2.53 bits per heavy atom. The zero-order valence-corrected chi connectivity index (χ0v) is 12.1. The number of para-hydroxylation sites is 1. The lowest BCUT2D eigenvalue weighted by molar-refractivity contribution is 0.0417. The summed E-state index contributed by atoms with van der Waals surface area (Å²) in [6, 6.07) is 5.05. The fraction of sp³-hybridized carbons (Fsp3) is 0.625. The average Bonchev–Trinajstić information content (AvgIpc) is 2.41. The summed E-state index contributed by atoms with van der Waals surface area (Å²) in [5, 5.41) is 19.5. The van der Waals surface area contributed by atoms with E-state index in [0.717, 1.165) is 19.3 Å². The quantitative estimate of drug-likeness (QED) is 0.510. The first-order valence-corrected chi connectivity index (χ1v) is 7.33. The Kier molecular flexibility index (Phi) is 7.34. The molecule has 0 saturated heterocycles. The molecular weight excluding hydrogens is 240 g/mol. The molecule has 0 bridgehead atoms. The molecule has 1 unspecified atom stereocenters. The van der Waals surface area contributed by atoms with E-state index in [1.165, 1.54) is 25.3 Å². The summed E-state index contributed by atoms with van der Waals surface area (Å²) in [5.41, 5.74) is 0.692.